The number of rotatable bonds is 6. The van der Waals surface area contributed by atoms with E-state index in [9.17, 15) is 9.90 Å². The predicted molar refractivity (Wildman–Crippen MR) is 126 cm³/mol. The number of para-hydroxylation sites is 2. The number of aromatic hydroxyl groups is 1. The molecule has 1 aliphatic rings. The highest BCUT2D eigenvalue weighted by atomic mass is 32.1. The Morgan fingerprint density at radius 2 is 2.00 bits per heavy atom. The molecule has 0 spiro atoms. The van der Waals surface area contributed by atoms with Crippen LogP contribution < -0.4 is 5.32 Å². The summed E-state index contributed by atoms with van der Waals surface area (Å²) in [5.74, 6) is 0.0845. The van der Waals surface area contributed by atoms with Crippen LogP contribution in [0.1, 0.15) is 28.8 Å². The molecule has 7 heteroatoms. The van der Waals surface area contributed by atoms with Gasteiger partial charge in [0, 0.05) is 36.0 Å². The highest BCUT2D eigenvalue weighted by molar-refractivity contribution is 7.73. The molecule has 3 aromatic rings. The van der Waals surface area contributed by atoms with E-state index in [-0.39, 0.29) is 11.8 Å². The second-order valence-electron chi connectivity index (χ2n) is 7.05. The van der Waals surface area contributed by atoms with Crippen molar-refractivity contribution in [2.24, 2.45) is 4.99 Å². The summed E-state index contributed by atoms with van der Waals surface area (Å²) in [6.07, 6.45) is 4.64. The lowest BCUT2D eigenvalue weighted by atomic mass is 10.1. The van der Waals surface area contributed by atoms with Crippen molar-refractivity contribution >= 4 is 58.7 Å². The van der Waals surface area contributed by atoms with Crippen LogP contribution in [0, 0.1) is 10.9 Å². The van der Waals surface area contributed by atoms with Crippen molar-refractivity contribution in [1.82, 2.24) is 4.57 Å². The minimum atomic E-state index is -0.0494. The normalized spacial score (nSPS) is 13.6. The molecule has 0 bridgehead atoms. The third-order valence-electron chi connectivity index (χ3n) is 4.94. The number of aromatic nitrogens is 1. The molecule has 5 nitrogen and oxygen atoms in total. The standard InChI is InChI=1S/C23H21N3O2S2/c1-15-7-2-4-9-18(15)25-21(27)11-6-12-26-22(28)20(30-23(26)29)13-16-14-24-19-10-5-3-8-17(16)19/h2-5,7-10,13-14,28H,6,11-12H2,1H3,(H,25,27)/b16-13-. The Labute approximate surface area is 184 Å². The minimum absolute atomic E-state index is 0.0494. The van der Waals surface area contributed by atoms with Gasteiger partial charge in [-0.2, -0.15) is 0 Å². The number of nitrogens with one attached hydrogen (secondary N) is 1. The molecule has 1 aliphatic heterocycles. The van der Waals surface area contributed by atoms with Gasteiger partial charge < -0.3 is 10.4 Å². The first kappa shape index (κ1) is 20.3. The number of hydrogen-bond acceptors (Lipinski definition) is 5. The lowest BCUT2D eigenvalue weighted by Crippen LogP contribution is -2.13. The molecule has 30 heavy (non-hydrogen) atoms. The van der Waals surface area contributed by atoms with Gasteiger partial charge in [-0.25, -0.2) is 0 Å². The Balaban J connectivity index is 1.42. The first-order valence-electron chi connectivity index (χ1n) is 9.66. The number of allylic oxidation sites excluding steroid dienone is 1. The maximum Gasteiger partial charge on any atom is 0.224 e. The molecule has 1 aromatic heterocycles. The van der Waals surface area contributed by atoms with E-state index < -0.39 is 0 Å². The van der Waals surface area contributed by atoms with Gasteiger partial charge in [-0.3, -0.25) is 14.4 Å². The quantitative estimate of drug-likeness (QED) is 0.469. The molecule has 0 saturated carbocycles. The van der Waals surface area contributed by atoms with Crippen LogP contribution in [0.25, 0.3) is 11.6 Å². The zero-order chi connectivity index (χ0) is 21.1. The van der Waals surface area contributed by atoms with E-state index in [1.54, 1.807) is 10.8 Å². The van der Waals surface area contributed by atoms with E-state index in [4.69, 9.17) is 12.2 Å². The fourth-order valence-electron chi connectivity index (χ4n) is 3.32. The van der Waals surface area contributed by atoms with Gasteiger partial charge in [0.25, 0.3) is 0 Å². The van der Waals surface area contributed by atoms with Gasteiger partial charge in [-0.15, -0.1) is 11.3 Å². The van der Waals surface area contributed by atoms with E-state index >= 15 is 0 Å². The number of nitrogens with zero attached hydrogens (tertiary/aromatic N) is 2. The summed E-state index contributed by atoms with van der Waals surface area (Å²) in [7, 11) is 0. The number of amides is 1. The van der Waals surface area contributed by atoms with Crippen molar-refractivity contribution in [2.45, 2.75) is 26.3 Å². The van der Waals surface area contributed by atoms with E-state index in [0.29, 0.717) is 28.2 Å². The lowest BCUT2D eigenvalue weighted by Gasteiger charge is -2.08. The predicted octanol–water partition coefficient (Wildman–Crippen LogP) is 5.97. The van der Waals surface area contributed by atoms with E-state index in [1.807, 2.05) is 61.5 Å². The Kier molecular flexibility index (Phi) is 5.92. The Bertz CT molecular complexity index is 1220. The lowest BCUT2D eigenvalue weighted by molar-refractivity contribution is -0.116. The smallest absolute Gasteiger partial charge is 0.224 e. The first-order valence-corrected chi connectivity index (χ1v) is 10.9. The third kappa shape index (κ3) is 4.27. The molecular formula is C23H21N3O2S2. The average molecular weight is 436 g/mol. The van der Waals surface area contributed by atoms with Crippen LogP contribution in [-0.2, 0) is 11.3 Å². The van der Waals surface area contributed by atoms with Crippen LogP contribution in [0.4, 0.5) is 11.4 Å². The van der Waals surface area contributed by atoms with Crippen molar-refractivity contribution in [1.29, 1.82) is 0 Å². The van der Waals surface area contributed by atoms with Gasteiger partial charge in [-0.1, -0.05) is 36.4 Å². The Morgan fingerprint density at radius 3 is 2.83 bits per heavy atom. The molecule has 2 N–H and O–H groups in total. The number of anilines is 1. The van der Waals surface area contributed by atoms with E-state index in [1.165, 1.54) is 11.3 Å². The summed E-state index contributed by atoms with van der Waals surface area (Å²) in [5.41, 5.74) is 4.76. The molecule has 4 rings (SSSR count). The summed E-state index contributed by atoms with van der Waals surface area (Å²) in [4.78, 5) is 17.3. The van der Waals surface area contributed by atoms with Gasteiger partial charge >= 0.3 is 0 Å². The summed E-state index contributed by atoms with van der Waals surface area (Å²) >= 11 is 6.79. The SMILES string of the molecule is Cc1ccccc1NC(=O)CCCn1c(O)c(/C=C2/C=Nc3ccccc32)sc1=S. The first-order chi connectivity index (χ1) is 14.5. The van der Waals surface area contributed by atoms with Crippen molar-refractivity contribution in [3.63, 3.8) is 0 Å². The molecule has 152 valence electrons. The summed E-state index contributed by atoms with van der Waals surface area (Å²) in [6, 6.07) is 15.6. The van der Waals surface area contributed by atoms with Crippen LogP contribution in [0.5, 0.6) is 5.88 Å². The Morgan fingerprint density at radius 1 is 1.23 bits per heavy atom. The summed E-state index contributed by atoms with van der Waals surface area (Å²) < 4.78 is 2.27. The second-order valence-corrected chi connectivity index (χ2v) is 8.72. The largest absolute Gasteiger partial charge is 0.493 e. The van der Waals surface area contributed by atoms with Crippen LogP contribution >= 0.6 is 23.6 Å². The summed E-state index contributed by atoms with van der Waals surface area (Å²) in [5, 5.41) is 13.6. The van der Waals surface area contributed by atoms with Gasteiger partial charge in [0.05, 0.1) is 10.6 Å². The molecule has 2 heterocycles. The van der Waals surface area contributed by atoms with Crippen molar-refractivity contribution in [2.75, 3.05) is 5.32 Å². The van der Waals surface area contributed by atoms with Gasteiger partial charge in [-0.05, 0) is 49.3 Å². The van der Waals surface area contributed by atoms with Crippen LogP contribution in [-0.4, -0.2) is 21.8 Å². The number of fused-ring (bicyclic) bond motifs is 1. The average Bonchev–Trinajstić information content (AvgIpc) is 3.26. The van der Waals surface area contributed by atoms with E-state index in [0.717, 1.165) is 28.1 Å². The van der Waals surface area contributed by atoms with Crippen LogP contribution in [0.3, 0.4) is 0 Å². The number of aryl methyl sites for hydroxylation is 1. The van der Waals surface area contributed by atoms with Crippen LogP contribution in [0.15, 0.2) is 53.5 Å². The highest BCUT2D eigenvalue weighted by Crippen LogP contribution is 2.35. The van der Waals surface area contributed by atoms with Gasteiger partial charge in [0.2, 0.25) is 11.8 Å². The van der Waals surface area contributed by atoms with Gasteiger partial charge in [0.15, 0.2) is 3.95 Å². The maximum atomic E-state index is 12.2. The van der Waals surface area contributed by atoms with Crippen molar-refractivity contribution < 1.29 is 9.90 Å². The second kappa shape index (κ2) is 8.77. The van der Waals surface area contributed by atoms with Crippen molar-refractivity contribution in [3.8, 4) is 5.88 Å². The number of benzene rings is 2. The molecule has 1 amide bonds. The minimum Gasteiger partial charge on any atom is -0.493 e. The fraction of sp³-hybridized carbons (Fsp3) is 0.174. The third-order valence-corrected chi connectivity index (χ3v) is 6.33. The molecular weight excluding hydrogens is 414 g/mol. The zero-order valence-electron chi connectivity index (χ0n) is 16.5. The number of carbonyl (C=O) groups excluding carboxylic acids is 1. The van der Waals surface area contributed by atoms with Crippen LogP contribution in [0.2, 0.25) is 0 Å². The molecule has 0 unspecified atom stereocenters. The molecule has 0 radical (unpaired) electrons. The number of thiazole rings is 1. The highest BCUT2D eigenvalue weighted by Gasteiger charge is 2.15. The van der Waals surface area contributed by atoms with E-state index in [2.05, 4.69) is 10.3 Å². The maximum absolute atomic E-state index is 12.2. The topological polar surface area (TPSA) is 66.6 Å². The molecule has 0 saturated heterocycles. The molecule has 0 fully saturated rings. The molecule has 0 aliphatic carbocycles. The molecule has 0 atom stereocenters. The molecule has 2 aromatic carbocycles. The number of carbonyl (C=O) groups is 1. The fourth-order valence-corrected chi connectivity index (χ4v) is 4.63. The number of aliphatic imine (C=N–C) groups is 1. The van der Waals surface area contributed by atoms with Crippen molar-refractivity contribution in [3.05, 3.63) is 68.5 Å². The summed E-state index contributed by atoms with van der Waals surface area (Å²) in [6.45, 7) is 2.44. The number of hydrogen-bond donors (Lipinski definition) is 2. The zero-order valence-corrected chi connectivity index (χ0v) is 18.1. The van der Waals surface area contributed by atoms with Gasteiger partial charge in [0.1, 0.15) is 0 Å². The monoisotopic (exact) mass is 435 g/mol. The Hall–Kier alpha value is -3.03.